The Balaban J connectivity index is 4.43. The molecule has 0 rings (SSSR count). The van der Waals surface area contributed by atoms with Gasteiger partial charge in [0, 0.05) is 19.4 Å². The Bertz CT molecular complexity index is 1340. The second kappa shape index (κ2) is 42.0. The maximum Gasteiger partial charge on any atom is 0.472 e. The number of esters is 2. The van der Waals surface area contributed by atoms with E-state index in [1.807, 2.05) is 18.2 Å². The molecule has 0 aliphatic rings. The van der Waals surface area contributed by atoms with Gasteiger partial charge in [-0.05, 0) is 89.9 Å². The number of hydrogen-bond donors (Lipinski definition) is 2. The minimum Gasteiger partial charge on any atom is -0.462 e. The molecule has 3 N–H and O–H groups in total. The zero-order chi connectivity index (χ0) is 41.8. The van der Waals surface area contributed by atoms with Crippen LogP contribution < -0.4 is 5.73 Å². The van der Waals surface area contributed by atoms with Crippen LogP contribution in [0.5, 0.6) is 0 Å². The highest BCUT2D eigenvalue weighted by molar-refractivity contribution is 7.47. The van der Waals surface area contributed by atoms with E-state index in [0.29, 0.717) is 19.3 Å². The lowest BCUT2D eigenvalue weighted by Crippen LogP contribution is -2.29. The number of hydrogen-bond acceptors (Lipinski definition) is 8. The highest BCUT2D eigenvalue weighted by atomic mass is 31.2. The van der Waals surface area contributed by atoms with Crippen molar-refractivity contribution in [2.45, 2.75) is 136 Å². The van der Waals surface area contributed by atoms with Gasteiger partial charge in [0.05, 0.1) is 13.2 Å². The highest BCUT2D eigenvalue weighted by Gasteiger charge is 2.25. The lowest BCUT2D eigenvalue weighted by Gasteiger charge is -2.19. The molecule has 0 amide bonds. The normalized spacial score (nSPS) is 14.5. The molecule has 0 aromatic heterocycles. The summed E-state index contributed by atoms with van der Waals surface area (Å²) < 4.78 is 32.6. The molecule has 0 heterocycles. The van der Waals surface area contributed by atoms with Crippen molar-refractivity contribution in [1.82, 2.24) is 0 Å². The van der Waals surface area contributed by atoms with Gasteiger partial charge < -0.3 is 20.1 Å². The van der Waals surface area contributed by atoms with Gasteiger partial charge in [-0.2, -0.15) is 0 Å². The van der Waals surface area contributed by atoms with E-state index < -0.39 is 32.5 Å². The minimum atomic E-state index is -4.42. The van der Waals surface area contributed by atoms with Crippen LogP contribution in [0.1, 0.15) is 129 Å². The van der Waals surface area contributed by atoms with E-state index in [9.17, 15) is 19.0 Å². The van der Waals surface area contributed by atoms with Gasteiger partial charge >= 0.3 is 19.8 Å². The fraction of sp³-hybridized carbons (Fsp3) is 0.532. The Morgan fingerprint density at radius 2 is 0.982 bits per heavy atom. The van der Waals surface area contributed by atoms with E-state index in [2.05, 4.69) is 117 Å². The molecule has 2 atom stereocenters. The summed E-state index contributed by atoms with van der Waals surface area (Å²) in [5, 5.41) is 0. The van der Waals surface area contributed by atoms with Gasteiger partial charge in [-0.15, -0.1) is 0 Å². The maximum atomic E-state index is 12.5. The summed E-state index contributed by atoms with van der Waals surface area (Å²) in [5.74, 6) is -1.01. The number of nitrogens with two attached hydrogens (primary N) is 1. The Labute approximate surface area is 345 Å². The molecule has 57 heavy (non-hydrogen) atoms. The van der Waals surface area contributed by atoms with E-state index in [-0.39, 0.29) is 32.6 Å². The van der Waals surface area contributed by atoms with Crippen LogP contribution in [-0.4, -0.2) is 49.3 Å². The monoisotopic (exact) mass is 812 g/mol. The third-order valence-electron chi connectivity index (χ3n) is 7.85. The smallest absolute Gasteiger partial charge is 0.462 e. The SMILES string of the molecule is CCC=CCC=CCC=CCC=CCC=CCCCC(=O)OC(COC(=O)CCC=CCC=CCC=CCC=CCC=CCCCCC)COP(=O)(O)OCCN. The Kier molecular flexibility index (Phi) is 39.4. The van der Waals surface area contributed by atoms with Crippen molar-refractivity contribution < 1.29 is 37.6 Å². The standard InChI is InChI=1S/C47H74NO8P/c1-3-5-7-9-11-13-15-17-19-21-22-24-25-27-29-31-33-35-37-39-46(49)53-43-45(44-55-57(51,52)54-42-41-48)56-47(50)40-38-36-34-32-30-28-26-23-20-18-16-14-12-10-8-6-4-2/h6,8,11-14,17-20,22,24,26-29,32-35,45H,3-5,7,9-10,15-16,21,23,25,30-31,36-44,48H2,1-2H3,(H,51,52). The number of rotatable bonds is 37. The van der Waals surface area contributed by atoms with Crippen molar-refractivity contribution in [1.29, 1.82) is 0 Å². The Hall–Kier alpha value is -3.59. The summed E-state index contributed by atoms with van der Waals surface area (Å²) in [6.45, 7) is 3.40. The van der Waals surface area contributed by atoms with Crippen LogP contribution in [0.2, 0.25) is 0 Å². The van der Waals surface area contributed by atoms with Crippen molar-refractivity contribution >= 4 is 19.8 Å². The van der Waals surface area contributed by atoms with E-state index in [1.165, 1.54) is 25.7 Å². The van der Waals surface area contributed by atoms with E-state index >= 15 is 0 Å². The van der Waals surface area contributed by atoms with Crippen molar-refractivity contribution in [2.24, 2.45) is 5.73 Å². The zero-order valence-electron chi connectivity index (χ0n) is 35.0. The molecule has 0 spiro atoms. The molecule has 10 heteroatoms. The van der Waals surface area contributed by atoms with Crippen LogP contribution in [0, 0.1) is 0 Å². The molecule has 2 unspecified atom stereocenters. The number of unbranched alkanes of at least 4 members (excludes halogenated alkanes) is 4. The highest BCUT2D eigenvalue weighted by Crippen LogP contribution is 2.43. The molecule has 0 aliphatic carbocycles. The van der Waals surface area contributed by atoms with Crippen LogP contribution in [0.4, 0.5) is 0 Å². The predicted molar refractivity (Wildman–Crippen MR) is 237 cm³/mol. The number of ether oxygens (including phenoxy) is 2. The summed E-state index contributed by atoms with van der Waals surface area (Å²) in [4.78, 5) is 34.8. The van der Waals surface area contributed by atoms with Crippen LogP contribution in [0.15, 0.2) is 122 Å². The molecule has 0 aliphatic heterocycles. The molecule has 9 nitrogen and oxygen atoms in total. The average molecular weight is 812 g/mol. The van der Waals surface area contributed by atoms with Gasteiger partial charge in [0.15, 0.2) is 6.10 Å². The molecular weight excluding hydrogens is 737 g/mol. The largest absolute Gasteiger partial charge is 0.472 e. The van der Waals surface area contributed by atoms with E-state index in [0.717, 1.165) is 57.8 Å². The van der Waals surface area contributed by atoms with Crippen LogP contribution >= 0.6 is 7.82 Å². The molecule has 0 fully saturated rings. The first-order chi connectivity index (χ1) is 27.8. The van der Waals surface area contributed by atoms with Gasteiger partial charge in [0.1, 0.15) is 6.61 Å². The molecule has 0 aromatic carbocycles. The predicted octanol–water partition coefficient (Wildman–Crippen LogP) is 12.2. The topological polar surface area (TPSA) is 134 Å². The van der Waals surface area contributed by atoms with E-state index in [4.69, 9.17) is 24.3 Å². The lowest BCUT2D eigenvalue weighted by molar-refractivity contribution is -0.161. The third-order valence-corrected chi connectivity index (χ3v) is 8.83. The number of allylic oxidation sites excluding steroid dienone is 20. The lowest BCUT2D eigenvalue weighted by atomic mass is 10.2. The van der Waals surface area contributed by atoms with E-state index in [1.54, 1.807) is 0 Å². The van der Waals surface area contributed by atoms with Crippen molar-refractivity contribution in [3.8, 4) is 0 Å². The maximum absolute atomic E-state index is 12.5. The van der Waals surface area contributed by atoms with Gasteiger partial charge in [0.25, 0.3) is 0 Å². The molecule has 0 aromatic rings. The van der Waals surface area contributed by atoms with Gasteiger partial charge in [0.2, 0.25) is 0 Å². The van der Waals surface area contributed by atoms with Crippen LogP contribution in [0.3, 0.4) is 0 Å². The molecule has 0 radical (unpaired) electrons. The van der Waals surface area contributed by atoms with Crippen molar-refractivity contribution in [3.05, 3.63) is 122 Å². The van der Waals surface area contributed by atoms with Crippen LogP contribution in [0.25, 0.3) is 0 Å². The summed E-state index contributed by atoms with van der Waals surface area (Å²) >= 11 is 0. The first-order valence-corrected chi connectivity index (χ1v) is 22.5. The molecule has 320 valence electrons. The number of phosphoric ester groups is 1. The second-order valence-electron chi connectivity index (χ2n) is 13.1. The number of carbonyl (C=O) groups is 2. The molecule has 0 bridgehead atoms. The summed E-state index contributed by atoms with van der Waals surface area (Å²) in [5.41, 5.74) is 5.33. The fourth-order valence-electron chi connectivity index (χ4n) is 4.77. The second-order valence-corrected chi connectivity index (χ2v) is 14.6. The third kappa shape index (κ3) is 41.9. The van der Waals surface area contributed by atoms with Gasteiger partial charge in [-0.3, -0.25) is 18.6 Å². The number of phosphoric acid groups is 1. The van der Waals surface area contributed by atoms with Crippen LogP contribution in [-0.2, 0) is 32.7 Å². The summed E-state index contributed by atoms with van der Waals surface area (Å²) in [7, 11) is -4.42. The molecule has 0 saturated heterocycles. The Morgan fingerprint density at radius 3 is 1.44 bits per heavy atom. The van der Waals surface area contributed by atoms with Gasteiger partial charge in [-0.1, -0.05) is 148 Å². The van der Waals surface area contributed by atoms with Crippen molar-refractivity contribution in [3.63, 3.8) is 0 Å². The van der Waals surface area contributed by atoms with Crippen molar-refractivity contribution in [2.75, 3.05) is 26.4 Å². The van der Waals surface area contributed by atoms with Gasteiger partial charge in [-0.25, -0.2) is 4.57 Å². The Morgan fingerprint density at radius 1 is 0.544 bits per heavy atom. The quantitative estimate of drug-likeness (QED) is 0.0272. The number of carbonyl (C=O) groups excluding carboxylic acids is 2. The average Bonchev–Trinajstić information content (AvgIpc) is 3.20. The molecular formula is C47H74NO8P. The first kappa shape index (κ1) is 53.4. The minimum absolute atomic E-state index is 0.0276. The summed E-state index contributed by atoms with van der Waals surface area (Å²) in [6.07, 6.45) is 56.8. The fourth-order valence-corrected chi connectivity index (χ4v) is 5.53. The first-order valence-electron chi connectivity index (χ1n) is 21.0. The molecule has 0 saturated carbocycles. The zero-order valence-corrected chi connectivity index (χ0v) is 35.9. The summed E-state index contributed by atoms with van der Waals surface area (Å²) in [6, 6.07) is 0.